The number of aromatic hydroxyl groups is 1. The van der Waals surface area contributed by atoms with Gasteiger partial charge in [-0.05, 0) is 39.3 Å². The molecule has 1 saturated heterocycles. The van der Waals surface area contributed by atoms with Crippen LogP contribution in [-0.4, -0.2) is 40.3 Å². The highest BCUT2D eigenvalue weighted by Gasteiger charge is 2.34. The maximum absolute atomic E-state index is 11.8. The first-order chi connectivity index (χ1) is 10.1. The van der Waals surface area contributed by atoms with Crippen LogP contribution in [0.4, 0.5) is 0 Å². The van der Waals surface area contributed by atoms with Crippen molar-refractivity contribution in [3.63, 3.8) is 0 Å². The van der Waals surface area contributed by atoms with E-state index in [9.17, 15) is 15.0 Å². The molecule has 5 heteroatoms. The maximum Gasteiger partial charge on any atom is 0.325 e. The number of phenols is 1. The molecule has 1 aliphatic rings. The summed E-state index contributed by atoms with van der Waals surface area (Å²) in [5.41, 5.74) is 0.405. The van der Waals surface area contributed by atoms with E-state index in [4.69, 9.17) is 4.74 Å². The minimum Gasteiger partial charge on any atom is -0.504 e. The van der Waals surface area contributed by atoms with Crippen molar-refractivity contribution >= 4 is 5.97 Å². The van der Waals surface area contributed by atoms with Crippen LogP contribution in [0.1, 0.15) is 44.7 Å². The summed E-state index contributed by atoms with van der Waals surface area (Å²) in [4.78, 5) is 13.7. The third-order valence-corrected chi connectivity index (χ3v) is 4.04. The summed E-state index contributed by atoms with van der Waals surface area (Å²) in [6, 6.07) is 4.40. The van der Waals surface area contributed by atoms with Gasteiger partial charge in [-0.25, -0.2) is 0 Å². The van der Waals surface area contributed by atoms with E-state index in [-0.39, 0.29) is 11.8 Å². The normalized spacial score (nSPS) is 21.0. The number of hydrogen-bond donors (Lipinski definition) is 2. The lowest BCUT2D eigenvalue weighted by Crippen LogP contribution is -2.43. The zero-order valence-corrected chi connectivity index (χ0v) is 12.6. The van der Waals surface area contributed by atoms with Crippen LogP contribution in [-0.2, 0) is 4.79 Å². The van der Waals surface area contributed by atoms with Crippen LogP contribution in [0.25, 0.3) is 0 Å². The number of piperidine rings is 1. The fourth-order valence-electron chi connectivity index (χ4n) is 2.99. The number of ether oxygens (including phenoxy) is 1. The number of hydrogen-bond acceptors (Lipinski definition) is 4. The molecule has 2 N–H and O–H groups in total. The van der Waals surface area contributed by atoms with Crippen molar-refractivity contribution in [1.82, 2.24) is 4.90 Å². The monoisotopic (exact) mass is 293 g/mol. The zero-order valence-electron chi connectivity index (χ0n) is 12.6. The van der Waals surface area contributed by atoms with Crippen LogP contribution < -0.4 is 4.74 Å². The fraction of sp³-hybridized carbons (Fsp3) is 0.562. The summed E-state index contributed by atoms with van der Waals surface area (Å²) < 4.78 is 5.36. The molecule has 0 spiro atoms. The van der Waals surface area contributed by atoms with Crippen molar-refractivity contribution in [2.24, 2.45) is 0 Å². The molecular formula is C16H23NO4. The first kappa shape index (κ1) is 15.6. The molecule has 0 aromatic heterocycles. The van der Waals surface area contributed by atoms with Crippen molar-refractivity contribution in [3.8, 4) is 11.5 Å². The summed E-state index contributed by atoms with van der Waals surface area (Å²) in [5.74, 6) is -0.664. The Balaban J connectivity index is 2.38. The number of carboxylic acids is 1. The number of carbonyl (C=O) groups is 1. The minimum absolute atomic E-state index is 0.0653. The van der Waals surface area contributed by atoms with Crippen molar-refractivity contribution in [1.29, 1.82) is 0 Å². The summed E-state index contributed by atoms with van der Waals surface area (Å²) in [6.45, 7) is 5.03. The number of carboxylic acid groups (broad SMARTS) is 1. The molecule has 0 amide bonds. The van der Waals surface area contributed by atoms with Gasteiger partial charge >= 0.3 is 5.97 Å². The number of nitrogens with zero attached hydrogens (tertiary/aromatic N) is 1. The number of benzene rings is 1. The van der Waals surface area contributed by atoms with E-state index in [1.165, 1.54) is 0 Å². The largest absolute Gasteiger partial charge is 0.504 e. The Bertz CT molecular complexity index is 503. The summed E-state index contributed by atoms with van der Waals surface area (Å²) in [7, 11) is 0. The molecule has 1 aliphatic heterocycles. The molecule has 0 bridgehead atoms. The summed E-state index contributed by atoms with van der Waals surface area (Å²) in [5, 5.41) is 20.0. The number of rotatable bonds is 5. The van der Waals surface area contributed by atoms with Gasteiger partial charge in [0.15, 0.2) is 11.5 Å². The molecule has 21 heavy (non-hydrogen) atoms. The number of likely N-dealkylation sites (tertiary alicyclic amines) is 1. The third kappa shape index (κ3) is 3.29. The smallest absolute Gasteiger partial charge is 0.325 e. The fourth-order valence-corrected chi connectivity index (χ4v) is 2.99. The van der Waals surface area contributed by atoms with Gasteiger partial charge in [0.05, 0.1) is 6.61 Å². The SMILES string of the molecule is CCOc1cccc(C(C(=O)O)N2CCCCC2C)c1O. The average Bonchev–Trinajstić information content (AvgIpc) is 2.45. The Hall–Kier alpha value is -1.75. The number of phenolic OH excluding ortho intramolecular Hbond substituents is 1. The predicted molar refractivity (Wildman–Crippen MR) is 79.7 cm³/mol. The van der Waals surface area contributed by atoms with E-state index in [1.54, 1.807) is 18.2 Å². The Kier molecular flexibility index (Phi) is 5.07. The highest BCUT2D eigenvalue weighted by Crippen LogP contribution is 2.38. The first-order valence-corrected chi connectivity index (χ1v) is 7.49. The first-order valence-electron chi connectivity index (χ1n) is 7.49. The van der Waals surface area contributed by atoms with E-state index in [0.29, 0.717) is 17.9 Å². The van der Waals surface area contributed by atoms with Crippen LogP contribution in [0.2, 0.25) is 0 Å². The predicted octanol–water partition coefficient (Wildman–Crippen LogP) is 2.79. The average molecular weight is 293 g/mol. The molecule has 1 aromatic rings. The van der Waals surface area contributed by atoms with Gasteiger partial charge in [0, 0.05) is 11.6 Å². The summed E-state index contributed by atoms with van der Waals surface area (Å²) >= 11 is 0. The van der Waals surface area contributed by atoms with Crippen molar-refractivity contribution in [2.75, 3.05) is 13.2 Å². The molecule has 1 fully saturated rings. The maximum atomic E-state index is 11.8. The molecular weight excluding hydrogens is 270 g/mol. The van der Waals surface area contributed by atoms with Gasteiger partial charge in [0.25, 0.3) is 0 Å². The Morgan fingerprint density at radius 3 is 2.86 bits per heavy atom. The van der Waals surface area contributed by atoms with Gasteiger partial charge < -0.3 is 14.9 Å². The molecule has 0 saturated carbocycles. The molecule has 1 aromatic carbocycles. The third-order valence-electron chi connectivity index (χ3n) is 4.04. The van der Waals surface area contributed by atoms with Crippen LogP contribution in [0.5, 0.6) is 11.5 Å². The van der Waals surface area contributed by atoms with E-state index >= 15 is 0 Å². The molecule has 2 unspecified atom stereocenters. The van der Waals surface area contributed by atoms with Gasteiger partial charge in [-0.15, -0.1) is 0 Å². The topological polar surface area (TPSA) is 70.0 Å². The van der Waals surface area contributed by atoms with E-state index in [1.807, 2.05) is 18.7 Å². The zero-order chi connectivity index (χ0) is 15.4. The van der Waals surface area contributed by atoms with Crippen molar-refractivity contribution < 1.29 is 19.7 Å². The Morgan fingerprint density at radius 1 is 1.48 bits per heavy atom. The lowest BCUT2D eigenvalue weighted by atomic mass is 9.96. The van der Waals surface area contributed by atoms with Gasteiger partial charge in [0.1, 0.15) is 6.04 Å². The molecule has 2 rings (SSSR count). The standard InChI is InChI=1S/C16H23NO4/c1-3-21-13-9-6-8-12(15(13)18)14(16(19)20)17-10-5-4-7-11(17)2/h6,8-9,11,14,18H,3-5,7,10H2,1-2H3,(H,19,20). The van der Waals surface area contributed by atoms with E-state index in [0.717, 1.165) is 25.8 Å². The van der Waals surface area contributed by atoms with Crippen LogP contribution in [0.3, 0.4) is 0 Å². The van der Waals surface area contributed by atoms with Crippen molar-refractivity contribution in [3.05, 3.63) is 23.8 Å². The Labute approximate surface area is 125 Å². The van der Waals surface area contributed by atoms with Gasteiger partial charge in [-0.3, -0.25) is 9.69 Å². The minimum atomic E-state index is -0.937. The van der Waals surface area contributed by atoms with Gasteiger partial charge in [-0.1, -0.05) is 18.6 Å². The van der Waals surface area contributed by atoms with Crippen molar-refractivity contribution in [2.45, 2.75) is 45.2 Å². The number of aliphatic carboxylic acids is 1. The van der Waals surface area contributed by atoms with Crippen LogP contribution in [0, 0.1) is 0 Å². The van der Waals surface area contributed by atoms with Gasteiger partial charge in [-0.2, -0.15) is 0 Å². The molecule has 0 radical (unpaired) electrons. The lowest BCUT2D eigenvalue weighted by Gasteiger charge is -2.38. The quantitative estimate of drug-likeness (QED) is 0.873. The number of para-hydroxylation sites is 1. The summed E-state index contributed by atoms with van der Waals surface area (Å²) in [6.07, 6.45) is 3.09. The molecule has 2 atom stereocenters. The van der Waals surface area contributed by atoms with Gasteiger partial charge in [0.2, 0.25) is 0 Å². The molecule has 5 nitrogen and oxygen atoms in total. The molecule has 116 valence electrons. The lowest BCUT2D eigenvalue weighted by molar-refractivity contribution is -0.145. The molecule has 1 heterocycles. The highest BCUT2D eigenvalue weighted by molar-refractivity contribution is 5.77. The van der Waals surface area contributed by atoms with E-state index < -0.39 is 12.0 Å². The second kappa shape index (κ2) is 6.80. The second-order valence-electron chi connectivity index (χ2n) is 5.45. The van der Waals surface area contributed by atoms with Crippen LogP contribution in [0.15, 0.2) is 18.2 Å². The second-order valence-corrected chi connectivity index (χ2v) is 5.45. The molecule has 0 aliphatic carbocycles. The van der Waals surface area contributed by atoms with Crippen LogP contribution >= 0.6 is 0 Å². The van der Waals surface area contributed by atoms with E-state index in [2.05, 4.69) is 0 Å². The highest BCUT2D eigenvalue weighted by atomic mass is 16.5. The Morgan fingerprint density at radius 2 is 2.24 bits per heavy atom.